The molecule has 1 amide bonds. The quantitative estimate of drug-likeness (QED) is 0.229. The van der Waals surface area contributed by atoms with E-state index in [-0.39, 0.29) is 11.4 Å². The molecule has 0 fully saturated rings. The van der Waals surface area contributed by atoms with Gasteiger partial charge in [-0.3, -0.25) is 4.79 Å². The smallest absolute Gasteiger partial charge is 0.267 e. The molecular formula is C27H29N3O5. The molecule has 3 aromatic rings. The van der Waals surface area contributed by atoms with E-state index < -0.39 is 5.91 Å². The first-order chi connectivity index (χ1) is 16.9. The first-order valence-electron chi connectivity index (χ1n) is 11.4. The highest BCUT2D eigenvalue weighted by Crippen LogP contribution is 2.29. The van der Waals surface area contributed by atoms with E-state index >= 15 is 0 Å². The van der Waals surface area contributed by atoms with Crippen LogP contribution in [0.25, 0.3) is 6.08 Å². The molecule has 0 aliphatic rings. The third-order valence-electron chi connectivity index (χ3n) is 4.94. The molecule has 0 saturated carbocycles. The number of nitriles is 1. The molecule has 1 N–H and O–H groups in total. The summed E-state index contributed by atoms with van der Waals surface area (Å²) in [5.74, 6) is 2.08. The molecule has 2 aromatic carbocycles. The SMILES string of the molecule is CCOc1cc(/C=C(/C#N)C(=O)Nc2cc(C)on2)ccc1OCCOc1cc(C)cc(CC)c1. The van der Waals surface area contributed by atoms with Crippen molar-refractivity contribution in [3.63, 3.8) is 0 Å². The number of rotatable bonds is 11. The summed E-state index contributed by atoms with van der Waals surface area (Å²) in [4.78, 5) is 12.4. The zero-order valence-electron chi connectivity index (χ0n) is 20.4. The van der Waals surface area contributed by atoms with Crippen molar-refractivity contribution < 1.29 is 23.5 Å². The summed E-state index contributed by atoms with van der Waals surface area (Å²) in [5.41, 5.74) is 2.92. The van der Waals surface area contributed by atoms with E-state index in [1.165, 1.54) is 11.6 Å². The van der Waals surface area contributed by atoms with Gasteiger partial charge in [0.15, 0.2) is 17.3 Å². The number of carbonyl (C=O) groups is 1. The Bertz CT molecular complexity index is 1240. The van der Waals surface area contributed by atoms with Crippen molar-refractivity contribution in [3.8, 4) is 23.3 Å². The molecule has 0 aliphatic heterocycles. The Morgan fingerprint density at radius 3 is 2.54 bits per heavy atom. The van der Waals surface area contributed by atoms with Crippen LogP contribution in [0.15, 0.2) is 52.6 Å². The first kappa shape index (κ1) is 25.4. The molecule has 1 heterocycles. The Kier molecular flexibility index (Phi) is 8.90. The van der Waals surface area contributed by atoms with Gasteiger partial charge in [0.05, 0.1) is 6.61 Å². The van der Waals surface area contributed by atoms with E-state index in [2.05, 4.69) is 23.5 Å². The van der Waals surface area contributed by atoms with Crippen molar-refractivity contribution in [1.29, 1.82) is 5.26 Å². The first-order valence-corrected chi connectivity index (χ1v) is 11.4. The van der Waals surface area contributed by atoms with Crippen LogP contribution in [-0.4, -0.2) is 30.9 Å². The topological polar surface area (TPSA) is 107 Å². The van der Waals surface area contributed by atoms with Gasteiger partial charge in [-0.05, 0) is 74.2 Å². The number of nitrogens with zero attached hydrogens (tertiary/aromatic N) is 2. The molecule has 35 heavy (non-hydrogen) atoms. The molecule has 0 aliphatic carbocycles. The molecule has 182 valence electrons. The number of hydrogen-bond donors (Lipinski definition) is 1. The lowest BCUT2D eigenvalue weighted by atomic mass is 10.1. The summed E-state index contributed by atoms with van der Waals surface area (Å²) >= 11 is 0. The zero-order chi connectivity index (χ0) is 25.2. The van der Waals surface area contributed by atoms with Gasteiger partial charge < -0.3 is 24.1 Å². The molecule has 0 saturated heterocycles. The summed E-state index contributed by atoms with van der Waals surface area (Å²) in [6.07, 6.45) is 2.42. The van der Waals surface area contributed by atoms with Crippen molar-refractivity contribution in [2.75, 3.05) is 25.1 Å². The van der Waals surface area contributed by atoms with Crippen molar-refractivity contribution in [3.05, 3.63) is 70.5 Å². The van der Waals surface area contributed by atoms with E-state index in [9.17, 15) is 10.1 Å². The highest BCUT2D eigenvalue weighted by Gasteiger charge is 2.13. The largest absolute Gasteiger partial charge is 0.490 e. The summed E-state index contributed by atoms with van der Waals surface area (Å²) in [6, 6.07) is 14.9. The number of nitrogens with one attached hydrogen (secondary N) is 1. The van der Waals surface area contributed by atoms with Crippen LogP contribution in [0.2, 0.25) is 0 Å². The van der Waals surface area contributed by atoms with Crippen LogP contribution in [-0.2, 0) is 11.2 Å². The number of aromatic nitrogens is 1. The maximum absolute atomic E-state index is 12.4. The predicted octanol–water partition coefficient (Wildman–Crippen LogP) is 5.26. The van der Waals surface area contributed by atoms with E-state index in [4.69, 9.17) is 18.7 Å². The maximum Gasteiger partial charge on any atom is 0.267 e. The van der Waals surface area contributed by atoms with Gasteiger partial charge in [-0.1, -0.05) is 24.2 Å². The van der Waals surface area contributed by atoms with Gasteiger partial charge in [0, 0.05) is 6.07 Å². The maximum atomic E-state index is 12.4. The Labute approximate surface area is 205 Å². The van der Waals surface area contributed by atoms with Crippen molar-refractivity contribution >= 4 is 17.8 Å². The van der Waals surface area contributed by atoms with E-state index in [1.807, 2.05) is 32.0 Å². The van der Waals surface area contributed by atoms with Gasteiger partial charge >= 0.3 is 0 Å². The number of aryl methyl sites for hydroxylation is 3. The Hall–Kier alpha value is -4.25. The van der Waals surface area contributed by atoms with Crippen molar-refractivity contribution in [1.82, 2.24) is 5.16 Å². The lowest BCUT2D eigenvalue weighted by molar-refractivity contribution is -0.112. The van der Waals surface area contributed by atoms with Gasteiger partial charge in [-0.15, -0.1) is 0 Å². The standard InChI is InChI=1S/C27H29N3O5/c1-5-20-11-18(3)12-23(15-20)33-9-10-34-24-8-7-21(16-25(24)32-6-2)14-22(17-28)27(31)29-26-13-19(4)35-30-26/h7-8,11-16H,5-6,9-10H2,1-4H3,(H,29,30,31)/b22-14-. The van der Waals surface area contributed by atoms with E-state index in [0.29, 0.717) is 42.6 Å². The Morgan fingerprint density at radius 2 is 1.86 bits per heavy atom. The normalized spacial score (nSPS) is 11.0. The Morgan fingerprint density at radius 1 is 1.06 bits per heavy atom. The molecule has 0 atom stereocenters. The van der Waals surface area contributed by atoms with Gasteiger partial charge in [-0.2, -0.15) is 5.26 Å². The van der Waals surface area contributed by atoms with Crippen molar-refractivity contribution in [2.45, 2.75) is 34.1 Å². The molecule has 3 rings (SSSR count). The molecule has 0 spiro atoms. The minimum Gasteiger partial charge on any atom is -0.490 e. The fourth-order valence-corrected chi connectivity index (χ4v) is 3.35. The molecule has 0 bridgehead atoms. The fourth-order valence-electron chi connectivity index (χ4n) is 3.35. The zero-order valence-corrected chi connectivity index (χ0v) is 20.4. The molecule has 0 radical (unpaired) electrons. The van der Waals surface area contributed by atoms with Gasteiger partial charge in [-0.25, -0.2) is 0 Å². The molecule has 8 nitrogen and oxygen atoms in total. The molecule has 8 heteroatoms. The summed E-state index contributed by atoms with van der Waals surface area (Å²) in [6.45, 7) is 8.86. The number of carbonyl (C=O) groups excluding carboxylic acids is 1. The number of amides is 1. The summed E-state index contributed by atoms with van der Waals surface area (Å²) in [5, 5.41) is 15.7. The van der Waals surface area contributed by atoms with E-state index in [0.717, 1.165) is 17.7 Å². The number of anilines is 1. The summed E-state index contributed by atoms with van der Waals surface area (Å²) in [7, 11) is 0. The lowest BCUT2D eigenvalue weighted by Gasteiger charge is -2.14. The average Bonchev–Trinajstić information content (AvgIpc) is 3.25. The third kappa shape index (κ3) is 7.37. The monoisotopic (exact) mass is 475 g/mol. The molecule has 1 aromatic heterocycles. The number of ether oxygens (including phenoxy) is 3. The van der Waals surface area contributed by atoms with Crippen LogP contribution >= 0.6 is 0 Å². The lowest BCUT2D eigenvalue weighted by Crippen LogP contribution is -2.13. The molecule has 0 unspecified atom stereocenters. The minimum absolute atomic E-state index is 0.0835. The average molecular weight is 476 g/mol. The van der Waals surface area contributed by atoms with Gasteiger partial charge in [0.2, 0.25) is 0 Å². The van der Waals surface area contributed by atoms with Gasteiger partial charge in [0.25, 0.3) is 5.91 Å². The summed E-state index contributed by atoms with van der Waals surface area (Å²) < 4.78 is 22.4. The Balaban J connectivity index is 1.65. The van der Waals surface area contributed by atoms with Gasteiger partial charge in [0.1, 0.15) is 36.4 Å². The van der Waals surface area contributed by atoms with Crippen LogP contribution < -0.4 is 19.5 Å². The molecular weight excluding hydrogens is 446 g/mol. The number of hydrogen-bond acceptors (Lipinski definition) is 7. The number of benzene rings is 2. The van der Waals surface area contributed by atoms with Crippen molar-refractivity contribution in [2.24, 2.45) is 0 Å². The highest BCUT2D eigenvalue weighted by atomic mass is 16.5. The van der Waals surface area contributed by atoms with Crippen LogP contribution in [0.3, 0.4) is 0 Å². The second-order valence-corrected chi connectivity index (χ2v) is 7.79. The fraction of sp³-hybridized carbons (Fsp3) is 0.296. The van der Waals surface area contributed by atoms with Crippen LogP contribution in [0.5, 0.6) is 17.2 Å². The van der Waals surface area contributed by atoms with Crippen LogP contribution in [0.4, 0.5) is 5.82 Å². The van der Waals surface area contributed by atoms with E-state index in [1.54, 1.807) is 31.2 Å². The minimum atomic E-state index is -0.585. The second kappa shape index (κ2) is 12.3. The third-order valence-corrected chi connectivity index (χ3v) is 4.94. The van der Waals surface area contributed by atoms with Crippen LogP contribution in [0, 0.1) is 25.2 Å². The van der Waals surface area contributed by atoms with Crippen LogP contribution in [0.1, 0.15) is 36.3 Å². The highest BCUT2D eigenvalue weighted by molar-refractivity contribution is 6.09. The second-order valence-electron chi connectivity index (χ2n) is 7.79. The predicted molar refractivity (Wildman–Crippen MR) is 133 cm³/mol.